The first-order chi connectivity index (χ1) is 4.48. The van der Waals surface area contributed by atoms with Gasteiger partial charge in [0, 0.05) is 5.54 Å². The van der Waals surface area contributed by atoms with Crippen molar-refractivity contribution >= 4 is 0 Å². The molecule has 0 fully saturated rings. The topological polar surface area (TPSA) is 35.2 Å². The van der Waals surface area contributed by atoms with E-state index in [4.69, 9.17) is 10.5 Å². The highest BCUT2D eigenvalue weighted by atomic mass is 16.5. The van der Waals surface area contributed by atoms with E-state index in [0.29, 0.717) is 6.61 Å². The first-order valence-corrected chi connectivity index (χ1v) is 3.50. The molecule has 0 aliphatic rings. The molecule has 0 aromatic heterocycles. The summed E-state index contributed by atoms with van der Waals surface area (Å²) in [5.74, 6) is 0. The van der Waals surface area contributed by atoms with Gasteiger partial charge in [-0.2, -0.15) is 0 Å². The van der Waals surface area contributed by atoms with Crippen molar-refractivity contribution in [1.29, 1.82) is 0 Å². The van der Waals surface area contributed by atoms with Crippen LogP contribution >= 0.6 is 0 Å². The summed E-state index contributed by atoms with van der Waals surface area (Å²) in [6, 6.07) is 0. The molecule has 0 amide bonds. The molecule has 1 atom stereocenters. The Kier molecular flexibility index (Phi) is 3.61. The lowest BCUT2D eigenvalue weighted by molar-refractivity contribution is 0.0407. The molecule has 0 saturated heterocycles. The zero-order valence-electron chi connectivity index (χ0n) is 7.05. The highest BCUT2D eigenvalue weighted by Crippen LogP contribution is 2.07. The van der Waals surface area contributed by atoms with Gasteiger partial charge >= 0.3 is 0 Å². The maximum Gasteiger partial charge on any atom is 0.0725 e. The third-order valence-electron chi connectivity index (χ3n) is 1.51. The van der Waals surface area contributed by atoms with Gasteiger partial charge in [-0.15, -0.1) is 6.58 Å². The van der Waals surface area contributed by atoms with Gasteiger partial charge in [-0.1, -0.05) is 6.08 Å². The van der Waals surface area contributed by atoms with Gasteiger partial charge in [0.05, 0.1) is 12.7 Å². The van der Waals surface area contributed by atoms with Gasteiger partial charge < -0.3 is 10.5 Å². The van der Waals surface area contributed by atoms with Gasteiger partial charge in [-0.3, -0.25) is 0 Å². The first kappa shape index (κ1) is 9.66. The van der Waals surface area contributed by atoms with Gasteiger partial charge in [0.2, 0.25) is 0 Å². The second kappa shape index (κ2) is 3.74. The Bertz CT molecular complexity index is 104. The van der Waals surface area contributed by atoms with Gasteiger partial charge in [0.1, 0.15) is 0 Å². The average molecular weight is 143 g/mol. The molecule has 2 N–H and O–H groups in total. The fourth-order valence-electron chi connectivity index (χ4n) is 0.427. The zero-order chi connectivity index (χ0) is 8.20. The minimum atomic E-state index is -0.261. The summed E-state index contributed by atoms with van der Waals surface area (Å²) in [6.45, 7) is 9.97. The molecule has 0 radical (unpaired) electrons. The first-order valence-electron chi connectivity index (χ1n) is 3.50. The normalized spacial score (nSPS) is 14.8. The van der Waals surface area contributed by atoms with Crippen LogP contribution in [0.2, 0.25) is 0 Å². The molecule has 0 heterocycles. The van der Waals surface area contributed by atoms with Crippen LogP contribution in [0.3, 0.4) is 0 Å². The Hall–Kier alpha value is -0.340. The zero-order valence-corrected chi connectivity index (χ0v) is 7.05. The van der Waals surface area contributed by atoms with E-state index in [9.17, 15) is 0 Å². The molecule has 0 aromatic rings. The van der Waals surface area contributed by atoms with Crippen molar-refractivity contribution in [3.05, 3.63) is 12.7 Å². The maximum atomic E-state index is 5.76. The van der Waals surface area contributed by atoms with Crippen LogP contribution < -0.4 is 5.73 Å². The third kappa shape index (κ3) is 3.64. The smallest absolute Gasteiger partial charge is 0.0725 e. The monoisotopic (exact) mass is 143 g/mol. The minimum absolute atomic E-state index is 0.0745. The Morgan fingerprint density at radius 2 is 2.20 bits per heavy atom. The van der Waals surface area contributed by atoms with E-state index in [1.54, 1.807) is 6.08 Å². The predicted octanol–water partition coefficient (Wildman–Crippen LogP) is 1.31. The van der Waals surface area contributed by atoms with Crippen LogP contribution in [0.15, 0.2) is 12.7 Å². The molecule has 0 aromatic carbocycles. The van der Waals surface area contributed by atoms with E-state index in [1.807, 2.05) is 20.8 Å². The quantitative estimate of drug-likeness (QED) is 0.602. The van der Waals surface area contributed by atoms with Crippen molar-refractivity contribution in [2.24, 2.45) is 5.73 Å². The van der Waals surface area contributed by atoms with Gasteiger partial charge in [-0.25, -0.2) is 0 Å². The molecule has 2 nitrogen and oxygen atoms in total. The number of nitrogens with two attached hydrogens (primary N) is 1. The Labute approximate surface area is 63.1 Å². The third-order valence-corrected chi connectivity index (χ3v) is 1.51. The lowest BCUT2D eigenvalue weighted by Gasteiger charge is -2.26. The maximum absolute atomic E-state index is 5.76. The molecule has 60 valence electrons. The standard InChI is InChI=1S/C8H17NO/c1-5-6-10-7(2)8(3,4)9/h5,7H,1,6,9H2,2-4H3. The molecule has 0 aliphatic heterocycles. The summed E-state index contributed by atoms with van der Waals surface area (Å²) in [4.78, 5) is 0. The number of hydrogen-bond acceptors (Lipinski definition) is 2. The van der Waals surface area contributed by atoms with E-state index >= 15 is 0 Å². The molecule has 0 bridgehead atoms. The molecule has 0 saturated carbocycles. The van der Waals surface area contributed by atoms with E-state index in [0.717, 1.165) is 0 Å². The van der Waals surface area contributed by atoms with Crippen LogP contribution in [0.4, 0.5) is 0 Å². The van der Waals surface area contributed by atoms with Crippen molar-refractivity contribution in [3.63, 3.8) is 0 Å². The lowest BCUT2D eigenvalue weighted by Crippen LogP contribution is -2.44. The highest BCUT2D eigenvalue weighted by Gasteiger charge is 2.20. The van der Waals surface area contributed by atoms with E-state index in [-0.39, 0.29) is 11.6 Å². The van der Waals surface area contributed by atoms with Crippen LogP contribution in [-0.4, -0.2) is 18.2 Å². The molecular formula is C8H17NO. The van der Waals surface area contributed by atoms with Crippen molar-refractivity contribution < 1.29 is 4.74 Å². The van der Waals surface area contributed by atoms with Crippen LogP contribution in [0.1, 0.15) is 20.8 Å². The SMILES string of the molecule is C=CCOC(C)C(C)(C)N. The summed E-state index contributed by atoms with van der Waals surface area (Å²) >= 11 is 0. The summed E-state index contributed by atoms with van der Waals surface area (Å²) in [5, 5.41) is 0. The lowest BCUT2D eigenvalue weighted by atomic mass is 10.0. The molecule has 2 heteroatoms. The van der Waals surface area contributed by atoms with Crippen LogP contribution in [0, 0.1) is 0 Å². The second-order valence-corrected chi connectivity index (χ2v) is 3.09. The second-order valence-electron chi connectivity index (χ2n) is 3.09. The largest absolute Gasteiger partial charge is 0.373 e. The van der Waals surface area contributed by atoms with Crippen molar-refractivity contribution in [1.82, 2.24) is 0 Å². The molecule has 0 spiro atoms. The fraction of sp³-hybridized carbons (Fsp3) is 0.750. The summed E-state index contributed by atoms with van der Waals surface area (Å²) in [6.07, 6.45) is 1.80. The molecule has 1 unspecified atom stereocenters. The number of rotatable bonds is 4. The number of hydrogen-bond donors (Lipinski definition) is 1. The van der Waals surface area contributed by atoms with E-state index in [1.165, 1.54) is 0 Å². The van der Waals surface area contributed by atoms with Gasteiger partial charge in [0.15, 0.2) is 0 Å². The average Bonchev–Trinajstić information content (AvgIpc) is 1.80. The van der Waals surface area contributed by atoms with Crippen molar-refractivity contribution in [2.75, 3.05) is 6.61 Å². The minimum Gasteiger partial charge on any atom is -0.373 e. The summed E-state index contributed by atoms with van der Waals surface area (Å²) < 4.78 is 5.31. The number of ether oxygens (including phenoxy) is 1. The predicted molar refractivity (Wildman–Crippen MR) is 43.9 cm³/mol. The molecular weight excluding hydrogens is 126 g/mol. The Balaban J connectivity index is 3.61. The Morgan fingerprint density at radius 3 is 2.50 bits per heavy atom. The van der Waals surface area contributed by atoms with Crippen molar-refractivity contribution in [3.8, 4) is 0 Å². The summed E-state index contributed by atoms with van der Waals surface area (Å²) in [7, 11) is 0. The van der Waals surface area contributed by atoms with E-state index < -0.39 is 0 Å². The summed E-state index contributed by atoms with van der Waals surface area (Å²) in [5.41, 5.74) is 5.50. The van der Waals surface area contributed by atoms with Crippen LogP contribution in [0.25, 0.3) is 0 Å². The molecule has 0 rings (SSSR count). The Morgan fingerprint density at radius 1 is 1.70 bits per heavy atom. The van der Waals surface area contributed by atoms with Crippen LogP contribution in [-0.2, 0) is 4.74 Å². The molecule has 10 heavy (non-hydrogen) atoms. The van der Waals surface area contributed by atoms with E-state index in [2.05, 4.69) is 6.58 Å². The van der Waals surface area contributed by atoms with Crippen molar-refractivity contribution in [2.45, 2.75) is 32.4 Å². The van der Waals surface area contributed by atoms with Gasteiger partial charge in [-0.05, 0) is 20.8 Å². The highest BCUT2D eigenvalue weighted by molar-refractivity contribution is 4.80. The van der Waals surface area contributed by atoms with Crippen LogP contribution in [0.5, 0.6) is 0 Å². The molecule has 0 aliphatic carbocycles. The van der Waals surface area contributed by atoms with Gasteiger partial charge in [0.25, 0.3) is 0 Å². The fourth-order valence-corrected chi connectivity index (χ4v) is 0.427.